The minimum atomic E-state index is -0.529. The van der Waals surface area contributed by atoms with Crippen LogP contribution in [0.3, 0.4) is 0 Å². The number of amides is 1. The molecule has 6 nitrogen and oxygen atoms in total. The number of nitro groups is 1. The second-order valence-electron chi connectivity index (χ2n) is 4.55. The molecule has 0 bridgehead atoms. The Labute approximate surface area is 122 Å². The van der Waals surface area contributed by atoms with Crippen LogP contribution in [0.5, 0.6) is 0 Å². The zero-order valence-electron chi connectivity index (χ0n) is 11.9. The molecular formula is C13H19N3O3S. The lowest BCUT2D eigenvalue weighted by Crippen LogP contribution is -2.27. The van der Waals surface area contributed by atoms with E-state index in [1.54, 1.807) is 12.1 Å². The third kappa shape index (κ3) is 4.82. The molecule has 110 valence electrons. The average Bonchev–Trinajstić information content (AvgIpc) is 2.42. The summed E-state index contributed by atoms with van der Waals surface area (Å²) in [6, 6.07) is 4.58. The number of carbonyl (C=O) groups is 1. The van der Waals surface area contributed by atoms with E-state index in [2.05, 4.69) is 5.32 Å². The van der Waals surface area contributed by atoms with E-state index in [1.165, 1.54) is 17.8 Å². The molecule has 0 saturated carbocycles. The molecule has 0 aliphatic carbocycles. The van der Waals surface area contributed by atoms with E-state index < -0.39 is 10.8 Å². The molecule has 0 aliphatic rings. The van der Waals surface area contributed by atoms with E-state index >= 15 is 0 Å². The molecule has 0 fully saturated rings. The summed E-state index contributed by atoms with van der Waals surface area (Å²) in [7, 11) is 3.91. The van der Waals surface area contributed by atoms with Gasteiger partial charge in [-0.25, -0.2) is 0 Å². The summed E-state index contributed by atoms with van der Waals surface area (Å²) < 4.78 is 0. The van der Waals surface area contributed by atoms with E-state index in [-0.39, 0.29) is 11.3 Å². The summed E-state index contributed by atoms with van der Waals surface area (Å²) in [6.07, 6.45) is 2.66. The van der Waals surface area contributed by atoms with Crippen molar-refractivity contribution >= 4 is 23.4 Å². The van der Waals surface area contributed by atoms with Gasteiger partial charge in [-0.1, -0.05) is 0 Å². The van der Waals surface area contributed by atoms with Gasteiger partial charge in [-0.2, -0.15) is 0 Å². The van der Waals surface area contributed by atoms with Crippen molar-refractivity contribution in [2.45, 2.75) is 11.3 Å². The van der Waals surface area contributed by atoms with Gasteiger partial charge >= 0.3 is 0 Å². The van der Waals surface area contributed by atoms with Crippen LogP contribution in [0.15, 0.2) is 23.1 Å². The van der Waals surface area contributed by atoms with Crippen LogP contribution in [0.25, 0.3) is 0 Å². The summed E-state index contributed by atoms with van der Waals surface area (Å²) in [6.45, 7) is 1.35. The van der Waals surface area contributed by atoms with Gasteiger partial charge in [0, 0.05) is 17.5 Å². The normalized spacial score (nSPS) is 10.6. The summed E-state index contributed by atoms with van der Waals surface area (Å²) in [5.41, 5.74) is -0.0420. The summed E-state index contributed by atoms with van der Waals surface area (Å²) in [5, 5.41) is 13.7. The van der Waals surface area contributed by atoms with Gasteiger partial charge in [-0.05, 0) is 45.4 Å². The first kappa shape index (κ1) is 16.5. The largest absolute Gasteiger partial charge is 0.352 e. The topological polar surface area (TPSA) is 75.5 Å². The Hall–Kier alpha value is -1.60. The Bertz CT molecular complexity index is 492. The number of hydrogen-bond donors (Lipinski definition) is 1. The quantitative estimate of drug-likeness (QED) is 0.360. The standard InChI is InChI=1S/C13H19N3O3S/c1-15(2)8-4-7-14-13(17)11-9-10(20-3)5-6-12(11)16(18)19/h5-6,9H,4,7-8H2,1-3H3,(H,14,17). The number of carbonyl (C=O) groups excluding carboxylic acids is 1. The predicted octanol–water partition coefficient (Wildman–Crippen LogP) is 2.00. The predicted molar refractivity (Wildman–Crippen MR) is 80.4 cm³/mol. The number of rotatable bonds is 7. The molecule has 0 heterocycles. The fourth-order valence-electron chi connectivity index (χ4n) is 1.68. The highest BCUT2D eigenvalue weighted by Gasteiger charge is 2.20. The first-order valence-electron chi connectivity index (χ1n) is 6.21. The van der Waals surface area contributed by atoms with Crippen LogP contribution in [0.1, 0.15) is 16.8 Å². The van der Waals surface area contributed by atoms with Crippen molar-refractivity contribution in [2.75, 3.05) is 33.4 Å². The second-order valence-corrected chi connectivity index (χ2v) is 5.43. The SMILES string of the molecule is CSc1ccc([N+](=O)[O-])c(C(=O)NCCCN(C)C)c1. The van der Waals surface area contributed by atoms with Crippen LogP contribution >= 0.6 is 11.8 Å². The first-order valence-corrected chi connectivity index (χ1v) is 7.43. The smallest absolute Gasteiger partial charge is 0.282 e. The Morgan fingerprint density at radius 2 is 2.15 bits per heavy atom. The zero-order valence-corrected chi connectivity index (χ0v) is 12.7. The highest BCUT2D eigenvalue weighted by Crippen LogP contribution is 2.24. The molecule has 0 radical (unpaired) electrons. The van der Waals surface area contributed by atoms with Crippen LogP contribution in [0.4, 0.5) is 5.69 Å². The third-order valence-corrected chi connectivity index (χ3v) is 3.44. The van der Waals surface area contributed by atoms with E-state index in [4.69, 9.17) is 0 Å². The van der Waals surface area contributed by atoms with Crippen molar-refractivity contribution in [1.29, 1.82) is 0 Å². The molecule has 0 aliphatic heterocycles. The van der Waals surface area contributed by atoms with Crippen molar-refractivity contribution in [1.82, 2.24) is 10.2 Å². The lowest BCUT2D eigenvalue weighted by Gasteiger charge is -2.10. The van der Waals surface area contributed by atoms with Gasteiger partial charge in [0.25, 0.3) is 11.6 Å². The van der Waals surface area contributed by atoms with Gasteiger partial charge in [-0.15, -0.1) is 11.8 Å². The van der Waals surface area contributed by atoms with Gasteiger partial charge < -0.3 is 10.2 Å². The van der Waals surface area contributed by atoms with Gasteiger partial charge in [-0.3, -0.25) is 14.9 Å². The maximum atomic E-state index is 12.0. The molecule has 1 rings (SSSR count). The number of thioether (sulfide) groups is 1. The Kier molecular flexibility index (Phi) is 6.47. The zero-order chi connectivity index (χ0) is 15.1. The van der Waals surface area contributed by atoms with Crippen LogP contribution in [0, 0.1) is 10.1 Å². The van der Waals surface area contributed by atoms with E-state index in [9.17, 15) is 14.9 Å². The third-order valence-electron chi connectivity index (χ3n) is 2.71. The molecular weight excluding hydrogens is 278 g/mol. The number of nitrogens with one attached hydrogen (secondary N) is 1. The molecule has 0 aromatic heterocycles. The first-order chi connectivity index (χ1) is 9.45. The van der Waals surface area contributed by atoms with Crippen molar-refractivity contribution in [3.63, 3.8) is 0 Å². The molecule has 0 spiro atoms. The van der Waals surface area contributed by atoms with E-state index in [0.29, 0.717) is 6.54 Å². The maximum Gasteiger partial charge on any atom is 0.282 e. The summed E-state index contributed by atoms with van der Waals surface area (Å²) >= 11 is 1.44. The highest BCUT2D eigenvalue weighted by atomic mass is 32.2. The summed E-state index contributed by atoms with van der Waals surface area (Å²) in [5.74, 6) is -0.397. The van der Waals surface area contributed by atoms with Crippen LogP contribution in [0.2, 0.25) is 0 Å². The lowest BCUT2D eigenvalue weighted by molar-refractivity contribution is -0.385. The van der Waals surface area contributed by atoms with Crippen molar-refractivity contribution in [2.24, 2.45) is 0 Å². The van der Waals surface area contributed by atoms with Crippen LogP contribution in [-0.4, -0.2) is 49.2 Å². The lowest BCUT2D eigenvalue weighted by atomic mass is 10.1. The molecule has 0 atom stereocenters. The number of nitro benzene ring substituents is 1. The van der Waals surface area contributed by atoms with Crippen molar-refractivity contribution in [3.05, 3.63) is 33.9 Å². The van der Waals surface area contributed by atoms with Crippen LogP contribution < -0.4 is 5.32 Å². The maximum absolute atomic E-state index is 12.0. The number of nitrogens with zero attached hydrogens (tertiary/aromatic N) is 2. The molecule has 1 amide bonds. The monoisotopic (exact) mass is 297 g/mol. The minimum Gasteiger partial charge on any atom is -0.352 e. The Morgan fingerprint density at radius 3 is 2.70 bits per heavy atom. The fraction of sp³-hybridized carbons (Fsp3) is 0.462. The Balaban J connectivity index is 2.77. The Morgan fingerprint density at radius 1 is 1.45 bits per heavy atom. The second kappa shape index (κ2) is 7.86. The van der Waals surface area contributed by atoms with Gasteiger partial charge in [0.05, 0.1) is 4.92 Å². The van der Waals surface area contributed by atoms with Crippen molar-refractivity contribution in [3.8, 4) is 0 Å². The van der Waals surface area contributed by atoms with Crippen molar-refractivity contribution < 1.29 is 9.72 Å². The molecule has 1 aromatic carbocycles. The van der Waals surface area contributed by atoms with Gasteiger partial charge in [0.1, 0.15) is 5.56 Å². The van der Waals surface area contributed by atoms with Crippen LogP contribution in [-0.2, 0) is 0 Å². The molecule has 0 unspecified atom stereocenters. The van der Waals surface area contributed by atoms with Gasteiger partial charge in [0.15, 0.2) is 0 Å². The van der Waals surface area contributed by atoms with Gasteiger partial charge in [0.2, 0.25) is 0 Å². The molecule has 1 N–H and O–H groups in total. The molecule has 1 aromatic rings. The highest BCUT2D eigenvalue weighted by molar-refractivity contribution is 7.98. The number of hydrogen-bond acceptors (Lipinski definition) is 5. The molecule has 0 saturated heterocycles. The van der Waals surface area contributed by atoms with E-state index in [0.717, 1.165) is 17.9 Å². The van der Waals surface area contributed by atoms with E-state index in [1.807, 2.05) is 25.3 Å². The molecule has 7 heteroatoms. The average molecular weight is 297 g/mol. The minimum absolute atomic E-state index is 0.117. The number of benzene rings is 1. The fourth-order valence-corrected chi connectivity index (χ4v) is 2.12. The summed E-state index contributed by atoms with van der Waals surface area (Å²) in [4.78, 5) is 25.3. The molecule has 20 heavy (non-hydrogen) atoms.